The SMILES string of the molecule is CCOc1cccc(NC(=S)OC)c1COc1ccc(C)cc1Cl. The summed E-state index contributed by atoms with van der Waals surface area (Å²) in [5, 5.41) is 3.89. The molecule has 0 radical (unpaired) electrons. The summed E-state index contributed by atoms with van der Waals surface area (Å²) in [5.41, 5.74) is 2.70. The molecule has 0 atom stereocenters. The Hall–Kier alpha value is -1.98. The molecule has 0 saturated carbocycles. The normalized spacial score (nSPS) is 10.2. The minimum absolute atomic E-state index is 0.276. The van der Waals surface area contributed by atoms with Gasteiger partial charge in [0.15, 0.2) is 0 Å². The molecule has 0 amide bonds. The molecule has 128 valence electrons. The fourth-order valence-electron chi connectivity index (χ4n) is 2.16. The van der Waals surface area contributed by atoms with Crippen LogP contribution in [0.1, 0.15) is 18.1 Å². The van der Waals surface area contributed by atoms with E-state index in [1.54, 1.807) is 0 Å². The van der Waals surface area contributed by atoms with Crippen molar-refractivity contribution in [2.45, 2.75) is 20.5 Å². The van der Waals surface area contributed by atoms with Crippen LogP contribution in [-0.4, -0.2) is 18.9 Å². The maximum atomic E-state index is 6.23. The maximum Gasteiger partial charge on any atom is 0.260 e. The van der Waals surface area contributed by atoms with Gasteiger partial charge in [-0.15, -0.1) is 0 Å². The molecule has 0 bridgehead atoms. The van der Waals surface area contributed by atoms with E-state index in [9.17, 15) is 0 Å². The first-order valence-electron chi connectivity index (χ1n) is 7.53. The van der Waals surface area contributed by atoms with Gasteiger partial charge < -0.3 is 19.5 Å². The highest BCUT2D eigenvalue weighted by molar-refractivity contribution is 7.80. The van der Waals surface area contributed by atoms with Crippen LogP contribution in [0.2, 0.25) is 5.02 Å². The Morgan fingerprint density at radius 3 is 2.62 bits per heavy atom. The second-order valence-corrected chi connectivity index (χ2v) is 5.83. The monoisotopic (exact) mass is 365 g/mol. The van der Waals surface area contributed by atoms with Crippen molar-refractivity contribution in [1.82, 2.24) is 0 Å². The van der Waals surface area contributed by atoms with Crippen molar-refractivity contribution in [1.29, 1.82) is 0 Å². The Morgan fingerprint density at radius 1 is 1.17 bits per heavy atom. The van der Waals surface area contributed by atoms with Gasteiger partial charge in [0, 0.05) is 0 Å². The second-order valence-electron chi connectivity index (χ2n) is 5.05. The van der Waals surface area contributed by atoms with Gasteiger partial charge in [-0.25, -0.2) is 0 Å². The fraction of sp³-hybridized carbons (Fsp3) is 0.278. The predicted octanol–water partition coefficient (Wildman–Crippen LogP) is 4.97. The Labute approximate surface area is 152 Å². The van der Waals surface area contributed by atoms with E-state index in [4.69, 9.17) is 38.0 Å². The summed E-state index contributed by atoms with van der Waals surface area (Å²) in [7, 11) is 1.52. The number of nitrogens with one attached hydrogen (secondary N) is 1. The summed E-state index contributed by atoms with van der Waals surface area (Å²) in [6.45, 7) is 4.75. The third-order valence-corrected chi connectivity index (χ3v) is 3.88. The van der Waals surface area contributed by atoms with E-state index >= 15 is 0 Å². The quantitative estimate of drug-likeness (QED) is 0.732. The topological polar surface area (TPSA) is 39.7 Å². The zero-order valence-corrected chi connectivity index (χ0v) is 15.5. The van der Waals surface area contributed by atoms with Crippen molar-refractivity contribution in [3.05, 3.63) is 52.5 Å². The van der Waals surface area contributed by atoms with Crippen LogP contribution < -0.4 is 14.8 Å². The van der Waals surface area contributed by atoms with Crippen molar-refractivity contribution >= 4 is 34.7 Å². The zero-order chi connectivity index (χ0) is 17.5. The van der Waals surface area contributed by atoms with E-state index in [2.05, 4.69) is 5.32 Å². The van der Waals surface area contributed by atoms with E-state index in [1.807, 2.05) is 50.2 Å². The van der Waals surface area contributed by atoms with Crippen LogP contribution in [0.4, 0.5) is 5.69 Å². The number of aryl methyl sites for hydroxylation is 1. The van der Waals surface area contributed by atoms with E-state index < -0.39 is 0 Å². The molecule has 2 aromatic rings. The molecule has 0 fully saturated rings. The van der Waals surface area contributed by atoms with Gasteiger partial charge >= 0.3 is 0 Å². The van der Waals surface area contributed by atoms with Crippen LogP contribution in [0.25, 0.3) is 0 Å². The molecule has 0 unspecified atom stereocenters. The van der Waals surface area contributed by atoms with Gasteiger partial charge in [-0.3, -0.25) is 0 Å². The summed E-state index contributed by atoms with van der Waals surface area (Å²) >= 11 is 11.3. The third kappa shape index (κ3) is 4.76. The van der Waals surface area contributed by atoms with Crippen molar-refractivity contribution in [2.75, 3.05) is 19.0 Å². The van der Waals surface area contributed by atoms with Gasteiger partial charge in [0.1, 0.15) is 18.1 Å². The van der Waals surface area contributed by atoms with Gasteiger partial charge in [0.2, 0.25) is 0 Å². The summed E-state index contributed by atoms with van der Waals surface area (Å²) < 4.78 is 16.6. The lowest BCUT2D eigenvalue weighted by Gasteiger charge is -2.17. The van der Waals surface area contributed by atoms with E-state index in [0.717, 1.165) is 22.6 Å². The number of thiocarbonyl (C=S) groups is 1. The Kier molecular flexibility index (Phi) is 6.70. The van der Waals surface area contributed by atoms with Crippen LogP contribution in [0.15, 0.2) is 36.4 Å². The maximum absolute atomic E-state index is 6.23. The molecule has 4 nitrogen and oxygen atoms in total. The highest BCUT2D eigenvalue weighted by Crippen LogP contribution is 2.31. The number of halogens is 1. The van der Waals surface area contributed by atoms with Crippen molar-refractivity contribution in [3.8, 4) is 11.5 Å². The summed E-state index contributed by atoms with van der Waals surface area (Å²) in [6.07, 6.45) is 0. The smallest absolute Gasteiger partial charge is 0.260 e. The summed E-state index contributed by atoms with van der Waals surface area (Å²) in [4.78, 5) is 0. The van der Waals surface area contributed by atoms with Gasteiger partial charge in [-0.2, -0.15) is 0 Å². The molecule has 2 aromatic carbocycles. The van der Waals surface area contributed by atoms with E-state index in [-0.39, 0.29) is 11.8 Å². The molecular weight excluding hydrogens is 346 g/mol. The van der Waals surface area contributed by atoms with Crippen molar-refractivity contribution < 1.29 is 14.2 Å². The van der Waals surface area contributed by atoms with Gasteiger partial charge in [0.25, 0.3) is 5.17 Å². The van der Waals surface area contributed by atoms with Crippen LogP contribution in [-0.2, 0) is 11.3 Å². The molecule has 0 saturated heterocycles. The summed E-state index contributed by atoms with van der Waals surface area (Å²) in [6, 6.07) is 11.3. The molecule has 24 heavy (non-hydrogen) atoms. The van der Waals surface area contributed by atoms with Gasteiger partial charge in [-0.05, 0) is 55.9 Å². The molecule has 0 aliphatic carbocycles. The average Bonchev–Trinajstić information content (AvgIpc) is 2.56. The predicted molar refractivity (Wildman–Crippen MR) is 101 cm³/mol. The van der Waals surface area contributed by atoms with Crippen LogP contribution >= 0.6 is 23.8 Å². The third-order valence-electron chi connectivity index (χ3n) is 3.31. The average molecular weight is 366 g/mol. The lowest BCUT2D eigenvalue weighted by molar-refractivity contribution is 0.287. The van der Waals surface area contributed by atoms with Gasteiger partial charge in [-0.1, -0.05) is 23.7 Å². The van der Waals surface area contributed by atoms with Gasteiger partial charge in [0.05, 0.1) is 30.0 Å². The number of hydrogen-bond acceptors (Lipinski definition) is 4. The number of anilines is 1. The number of methoxy groups -OCH3 is 1. The first-order valence-corrected chi connectivity index (χ1v) is 8.32. The zero-order valence-electron chi connectivity index (χ0n) is 13.9. The Morgan fingerprint density at radius 2 is 1.96 bits per heavy atom. The van der Waals surface area contributed by atoms with Crippen LogP contribution in [0.3, 0.4) is 0 Å². The first-order chi connectivity index (χ1) is 11.5. The molecule has 0 aromatic heterocycles. The number of hydrogen-bond donors (Lipinski definition) is 1. The number of rotatable bonds is 6. The molecule has 0 aliphatic rings. The van der Waals surface area contributed by atoms with E-state index in [0.29, 0.717) is 17.4 Å². The summed E-state index contributed by atoms with van der Waals surface area (Å²) in [5.74, 6) is 1.35. The standard InChI is InChI=1S/C18H20ClNO3S/c1-4-22-16-7-5-6-15(20-18(24)21-3)13(16)11-23-17-9-8-12(2)10-14(17)19/h5-10H,4,11H2,1-3H3,(H,20,24). The Bertz CT molecular complexity index is 721. The van der Waals surface area contributed by atoms with Crippen LogP contribution in [0.5, 0.6) is 11.5 Å². The molecule has 1 N–H and O–H groups in total. The molecular formula is C18H20ClNO3S. The minimum Gasteiger partial charge on any atom is -0.493 e. The van der Waals surface area contributed by atoms with Crippen molar-refractivity contribution in [3.63, 3.8) is 0 Å². The van der Waals surface area contributed by atoms with Crippen LogP contribution in [0, 0.1) is 6.92 Å². The molecule has 6 heteroatoms. The molecule has 0 aliphatic heterocycles. The molecule has 2 rings (SSSR count). The largest absolute Gasteiger partial charge is 0.493 e. The highest BCUT2D eigenvalue weighted by Gasteiger charge is 2.13. The lowest BCUT2D eigenvalue weighted by Crippen LogP contribution is -2.14. The number of ether oxygens (including phenoxy) is 3. The fourth-order valence-corrected chi connectivity index (χ4v) is 2.56. The second kappa shape index (κ2) is 8.76. The molecule has 0 spiro atoms. The lowest BCUT2D eigenvalue weighted by atomic mass is 10.1. The Balaban J connectivity index is 2.26. The molecule has 0 heterocycles. The highest BCUT2D eigenvalue weighted by atomic mass is 35.5. The minimum atomic E-state index is 0.276. The van der Waals surface area contributed by atoms with Crippen molar-refractivity contribution in [2.24, 2.45) is 0 Å². The van der Waals surface area contributed by atoms with E-state index in [1.165, 1.54) is 7.11 Å². The number of benzene rings is 2. The first kappa shape index (κ1) is 18.4.